The molecule has 26 heavy (non-hydrogen) atoms. The zero-order valence-electron chi connectivity index (χ0n) is 14.8. The second kappa shape index (κ2) is 7.54. The van der Waals surface area contributed by atoms with Gasteiger partial charge in [0, 0.05) is 22.5 Å². The van der Waals surface area contributed by atoms with E-state index in [0.717, 1.165) is 16.8 Å². The van der Waals surface area contributed by atoms with E-state index in [2.05, 4.69) is 20.3 Å². The molecule has 5 nitrogen and oxygen atoms in total. The van der Waals surface area contributed by atoms with Gasteiger partial charge in [-0.05, 0) is 45.0 Å². The van der Waals surface area contributed by atoms with Gasteiger partial charge in [-0.1, -0.05) is 35.4 Å². The number of hydrogen-bond acceptors (Lipinski definition) is 3. The first-order valence-electron chi connectivity index (χ1n) is 8.18. The lowest BCUT2D eigenvalue weighted by Gasteiger charge is -2.05. The summed E-state index contributed by atoms with van der Waals surface area (Å²) in [5, 5.41) is 3.50. The van der Waals surface area contributed by atoms with Crippen molar-refractivity contribution in [2.75, 3.05) is 0 Å². The molecule has 0 unspecified atom stereocenters. The predicted molar refractivity (Wildman–Crippen MR) is 105 cm³/mol. The Hall–Kier alpha value is -2.92. The number of halogens is 1. The average molecular weight is 367 g/mol. The summed E-state index contributed by atoms with van der Waals surface area (Å²) in [6.07, 6.45) is 5.40. The van der Waals surface area contributed by atoms with E-state index in [4.69, 9.17) is 11.6 Å². The van der Waals surface area contributed by atoms with Gasteiger partial charge in [0.15, 0.2) is 5.65 Å². The largest absolute Gasteiger partial charge is 0.336 e. The summed E-state index contributed by atoms with van der Waals surface area (Å²) in [6.45, 7) is 5.85. The van der Waals surface area contributed by atoms with Crippen molar-refractivity contribution in [3.63, 3.8) is 0 Å². The normalized spacial score (nSPS) is 11.5. The van der Waals surface area contributed by atoms with E-state index < -0.39 is 0 Å². The Morgan fingerprint density at radius 3 is 2.73 bits per heavy atom. The number of rotatable bonds is 4. The van der Waals surface area contributed by atoms with Crippen LogP contribution in [0.4, 0.5) is 0 Å². The molecule has 2 heterocycles. The molecule has 3 rings (SSSR count). The molecular weight excluding hydrogens is 348 g/mol. The van der Waals surface area contributed by atoms with Crippen molar-refractivity contribution in [1.82, 2.24) is 20.3 Å². The number of allylic oxidation sites excluding steroid dienone is 4. The summed E-state index contributed by atoms with van der Waals surface area (Å²) in [5.41, 5.74) is 4.32. The number of nitrogens with one attached hydrogen (secondary N) is 2. The zero-order chi connectivity index (χ0) is 18.7. The van der Waals surface area contributed by atoms with Gasteiger partial charge in [-0.25, -0.2) is 9.97 Å². The summed E-state index contributed by atoms with van der Waals surface area (Å²) in [5.74, 6) is 0.404. The smallest absolute Gasteiger partial charge is 0.257 e. The van der Waals surface area contributed by atoms with Gasteiger partial charge in [0.1, 0.15) is 5.82 Å². The maximum atomic E-state index is 12.6. The van der Waals surface area contributed by atoms with E-state index in [-0.39, 0.29) is 5.91 Å². The van der Waals surface area contributed by atoms with Crippen molar-refractivity contribution < 1.29 is 4.79 Å². The SMILES string of the molecule is CC(C)=C/C=C(\C)NC(=O)c1ccnc2nc(-c3cccc(Cl)c3)[nH]c12. The second-order valence-corrected chi connectivity index (χ2v) is 6.64. The van der Waals surface area contributed by atoms with Crippen LogP contribution in [0, 0.1) is 0 Å². The summed E-state index contributed by atoms with van der Waals surface area (Å²) in [7, 11) is 0. The quantitative estimate of drug-likeness (QED) is 0.646. The number of imidazole rings is 1. The van der Waals surface area contributed by atoms with Gasteiger partial charge in [0.2, 0.25) is 0 Å². The minimum absolute atomic E-state index is 0.213. The molecule has 0 radical (unpaired) electrons. The summed E-state index contributed by atoms with van der Waals surface area (Å²) in [6, 6.07) is 9.03. The van der Waals surface area contributed by atoms with Gasteiger partial charge < -0.3 is 10.3 Å². The van der Waals surface area contributed by atoms with E-state index in [1.54, 1.807) is 18.3 Å². The molecule has 0 aliphatic heterocycles. The molecule has 0 saturated carbocycles. The molecule has 0 bridgehead atoms. The summed E-state index contributed by atoms with van der Waals surface area (Å²) >= 11 is 6.05. The molecule has 0 aliphatic rings. The molecule has 0 fully saturated rings. The van der Waals surface area contributed by atoms with E-state index in [9.17, 15) is 4.79 Å². The van der Waals surface area contributed by atoms with Crippen LogP contribution >= 0.6 is 11.6 Å². The highest BCUT2D eigenvalue weighted by atomic mass is 35.5. The molecule has 0 spiro atoms. The number of fused-ring (bicyclic) bond motifs is 1. The first-order valence-corrected chi connectivity index (χ1v) is 8.55. The van der Waals surface area contributed by atoms with Crippen LogP contribution in [-0.4, -0.2) is 20.9 Å². The lowest BCUT2D eigenvalue weighted by molar-refractivity contribution is 0.0967. The Morgan fingerprint density at radius 2 is 2.00 bits per heavy atom. The lowest BCUT2D eigenvalue weighted by Crippen LogP contribution is -2.21. The number of pyridine rings is 1. The lowest BCUT2D eigenvalue weighted by atomic mass is 10.2. The molecule has 0 saturated heterocycles. The minimum atomic E-state index is -0.213. The third-order valence-corrected chi connectivity index (χ3v) is 3.95. The van der Waals surface area contributed by atoms with Crippen molar-refractivity contribution in [2.24, 2.45) is 0 Å². The van der Waals surface area contributed by atoms with Crippen molar-refractivity contribution >= 4 is 28.7 Å². The van der Waals surface area contributed by atoms with Crippen LogP contribution in [0.1, 0.15) is 31.1 Å². The molecule has 3 aromatic rings. The summed E-state index contributed by atoms with van der Waals surface area (Å²) < 4.78 is 0. The Morgan fingerprint density at radius 1 is 1.19 bits per heavy atom. The number of aromatic nitrogens is 3. The first-order chi connectivity index (χ1) is 12.4. The Balaban J connectivity index is 1.96. The van der Waals surface area contributed by atoms with Gasteiger partial charge in [-0.2, -0.15) is 0 Å². The highest BCUT2D eigenvalue weighted by molar-refractivity contribution is 6.30. The first kappa shape index (κ1) is 17.9. The Labute approximate surface area is 156 Å². The van der Waals surface area contributed by atoms with Crippen LogP contribution in [0.25, 0.3) is 22.6 Å². The third-order valence-electron chi connectivity index (χ3n) is 3.71. The Kier molecular flexibility index (Phi) is 5.19. The fourth-order valence-electron chi connectivity index (χ4n) is 2.45. The van der Waals surface area contributed by atoms with Gasteiger partial charge in [-0.15, -0.1) is 0 Å². The van der Waals surface area contributed by atoms with Crippen LogP contribution in [0.15, 0.2) is 60.0 Å². The number of amides is 1. The highest BCUT2D eigenvalue weighted by Crippen LogP contribution is 2.24. The third kappa shape index (κ3) is 4.00. The maximum Gasteiger partial charge on any atom is 0.257 e. The molecule has 2 aromatic heterocycles. The molecule has 132 valence electrons. The van der Waals surface area contributed by atoms with Gasteiger partial charge in [0.25, 0.3) is 5.91 Å². The number of carbonyl (C=O) groups excluding carboxylic acids is 1. The fraction of sp³-hybridized carbons (Fsp3) is 0.150. The molecular formula is C20H19ClN4O. The number of H-pyrrole nitrogens is 1. The van der Waals surface area contributed by atoms with Crippen LogP contribution in [0.2, 0.25) is 5.02 Å². The molecule has 6 heteroatoms. The van der Waals surface area contributed by atoms with E-state index in [0.29, 0.717) is 27.6 Å². The minimum Gasteiger partial charge on any atom is -0.336 e. The molecule has 1 aromatic carbocycles. The molecule has 1 amide bonds. The van der Waals surface area contributed by atoms with E-state index in [1.165, 1.54) is 0 Å². The zero-order valence-corrected chi connectivity index (χ0v) is 15.6. The van der Waals surface area contributed by atoms with Gasteiger partial charge in [0.05, 0.1) is 11.1 Å². The molecule has 0 atom stereocenters. The van der Waals surface area contributed by atoms with Gasteiger partial charge >= 0.3 is 0 Å². The van der Waals surface area contributed by atoms with Crippen molar-refractivity contribution in [2.45, 2.75) is 20.8 Å². The number of benzene rings is 1. The van der Waals surface area contributed by atoms with Crippen LogP contribution in [-0.2, 0) is 0 Å². The number of hydrogen-bond donors (Lipinski definition) is 2. The predicted octanol–water partition coefficient (Wildman–Crippen LogP) is 4.88. The van der Waals surface area contributed by atoms with E-state index >= 15 is 0 Å². The second-order valence-electron chi connectivity index (χ2n) is 6.20. The number of nitrogens with zero attached hydrogens (tertiary/aromatic N) is 2. The van der Waals surface area contributed by atoms with Crippen molar-refractivity contribution in [3.05, 3.63) is 70.5 Å². The highest BCUT2D eigenvalue weighted by Gasteiger charge is 2.15. The fourth-order valence-corrected chi connectivity index (χ4v) is 2.64. The van der Waals surface area contributed by atoms with Crippen LogP contribution in [0.5, 0.6) is 0 Å². The number of aromatic amines is 1. The van der Waals surface area contributed by atoms with Crippen molar-refractivity contribution in [1.29, 1.82) is 0 Å². The standard InChI is InChI=1S/C20H19ClN4O/c1-12(2)7-8-13(3)23-20(26)16-9-10-22-19-17(16)24-18(25-19)14-5-4-6-15(21)11-14/h4-11H,1-3H3,(H,23,26)(H,22,24,25)/b13-8+. The monoisotopic (exact) mass is 366 g/mol. The van der Waals surface area contributed by atoms with Crippen LogP contribution < -0.4 is 5.32 Å². The topological polar surface area (TPSA) is 70.7 Å². The molecule has 2 N–H and O–H groups in total. The van der Waals surface area contributed by atoms with Crippen molar-refractivity contribution in [3.8, 4) is 11.4 Å². The number of carbonyl (C=O) groups is 1. The van der Waals surface area contributed by atoms with Crippen LogP contribution in [0.3, 0.4) is 0 Å². The van der Waals surface area contributed by atoms with E-state index in [1.807, 2.05) is 51.1 Å². The molecule has 0 aliphatic carbocycles. The average Bonchev–Trinajstić information content (AvgIpc) is 3.04. The summed E-state index contributed by atoms with van der Waals surface area (Å²) in [4.78, 5) is 24.6. The van der Waals surface area contributed by atoms with Gasteiger partial charge in [-0.3, -0.25) is 4.79 Å². The maximum absolute atomic E-state index is 12.6. The Bertz CT molecular complexity index is 1030.